The van der Waals surface area contributed by atoms with E-state index in [4.69, 9.17) is 10.5 Å². The van der Waals surface area contributed by atoms with Gasteiger partial charge in [-0.15, -0.1) is 0 Å². The van der Waals surface area contributed by atoms with Gasteiger partial charge in [-0.05, 0) is 37.0 Å². The van der Waals surface area contributed by atoms with Crippen LogP contribution in [0.25, 0.3) is 0 Å². The van der Waals surface area contributed by atoms with Crippen molar-refractivity contribution < 1.29 is 4.74 Å². The van der Waals surface area contributed by atoms with Crippen LogP contribution in [0.15, 0.2) is 0 Å². The Morgan fingerprint density at radius 3 is 2.40 bits per heavy atom. The molecule has 1 saturated carbocycles. The maximum Gasteiger partial charge on any atom is 0.0510 e. The SMILES string of the molecule is CCC1CCC(C(N)C2CCOC2)CC1. The van der Waals surface area contributed by atoms with Crippen molar-refractivity contribution in [2.24, 2.45) is 23.5 Å². The molecule has 0 aromatic heterocycles. The monoisotopic (exact) mass is 211 g/mol. The van der Waals surface area contributed by atoms with Gasteiger partial charge < -0.3 is 10.5 Å². The minimum Gasteiger partial charge on any atom is -0.381 e. The highest BCUT2D eigenvalue weighted by molar-refractivity contribution is 4.85. The first-order valence-corrected chi connectivity index (χ1v) is 6.64. The van der Waals surface area contributed by atoms with Gasteiger partial charge in [0.25, 0.3) is 0 Å². The van der Waals surface area contributed by atoms with Crippen molar-refractivity contribution in [3.63, 3.8) is 0 Å². The van der Waals surface area contributed by atoms with Gasteiger partial charge in [0.2, 0.25) is 0 Å². The van der Waals surface area contributed by atoms with E-state index < -0.39 is 0 Å². The maximum atomic E-state index is 6.36. The minimum atomic E-state index is 0.408. The van der Waals surface area contributed by atoms with Crippen LogP contribution >= 0.6 is 0 Å². The van der Waals surface area contributed by atoms with Crippen molar-refractivity contribution in [2.45, 2.75) is 51.5 Å². The largest absolute Gasteiger partial charge is 0.381 e. The van der Waals surface area contributed by atoms with Gasteiger partial charge in [0, 0.05) is 12.6 Å². The summed E-state index contributed by atoms with van der Waals surface area (Å²) in [5.41, 5.74) is 6.36. The summed E-state index contributed by atoms with van der Waals surface area (Å²) in [5.74, 6) is 2.40. The smallest absolute Gasteiger partial charge is 0.0510 e. The summed E-state index contributed by atoms with van der Waals surface area (Å²) in [6, 6.07) is 0.408. The molecule has 0 amide bonds. The highest BCUT2D eigenvalue weighted by Gasteiger charge is 2.31. The number of rotatable bonds is 3. The normalized spacial score (nSPS) is 39.2. The van der Waals surface area contributed by atoms with Crippen molar-refractivity contribution >= 4 is 0 Å². The molecule has 2 heteroatoms. The predicted octanol–water partition coefficient (Wildman–Crippen LogP) is 2.57. The summed E-state index contributed by atoms with van der Waals surface area (Å²) in [6.07, 6.45) is 8.07. The third kappa shape index (κ3) is 2.73. The molecule has 2 rings (SSSR count). The first-order chi connectivity index (χ1) is 7.31. The second kappa shape index (κ2) is 5.31. The van der Waals surface area contributed by atoms with Crippen LogP contribution in [0.5, 0.6) is 0 Å². The van der Waals surface area contributed by atoms with Crippen LogP contribution in [-0.2, 0) is 4.74 Å². The zero-order valence-corrected chi connectivity index (χ0v) is 9.95. The molecule has 0 radical (unpaired) electrons. The highest BCUT2D eigenvalue weighted by Crippen LogP contribution is 2.35. The Hall–Kier alpha value is -0.0800. The lowest BCUT2D eigenvalue weighted by molar-refractivity contribution is 0.158. The number of hydrogen-bond donors (Lipinski definition) is 1. The molecule has 2 fully saturated rings. The number of hydrogen-bond acceptors (Lipinski definition) is 2. The lowest BCUT2D eigenvalue weighted by Crippen LogP contribution is -2.39. The maximum absolute atomic E-state index is 6.36. The molecule has 0 bridgehead atoms. The fraction of sp³-hybridized carbons (Fsp3) is 1.00. The van der Waals surface area contributed by atoms with E-state index in [1.807, 2.05) is 0 Å². The lowest BCUT2D eigenvalue weighted by Gasteiger charge is -2.34. The number of nitrogens with two attached hydrogens (primary N) is 1. The highest BCUT2D eigenvalue weighted by atomic mass is 16.5. The van der Waals surface area contributed by atoms with Crippen molar-refractivity contribution in [1.29, 1.82) is 0 Å². The zero-order valence-electron chi connectivity index (χ0n) is 9.95. The molecule has 1 saturated heterocycles. The molecule has 0 aromatic carbocycles. The van der Waals surface area contributed by atoms with Crippen LogP contribution in [0.2, 0.25) is 0 Å². The van der Waals surface area contributed by atoms with Crippen molar-refractivity contribution in [1.82, 2.24) is 0 Å². The Bertz CT molecular complexity index is 181. The molecule has 1 heterocycles. The summed E-state index contributed by atoms with van der Waals surface area (Å²) in [6.45, 7) is 4.16. The van der Waals surface area contributed by atoms with E-state index >= 15 is 0 Å². The van der Waals surface area contributed by atoms with Gasteiger partial charge >= 0.3 is 0 Å². The quantitative estimate of drug-likeness (QED) is 0.778. The van der Waals surface area contributed by atoms with Crippen LogP contribution in [0.3, 0.4) is 0 Å². The van der Waals surface area contributed by atoms with Gasteiger partial charge in [0.05, 0.1) is 6.61 Å². The van der Waals surface area contributed by atoms with E-state index in [9.17, 15) is 0 Å². The molecule has 15 heavy (non-hydrogen) atoms. The third-order valence-corrected chi connectivity index (χ3v) is 4.52. The van der Waals surface area contributed by atoms with Crippen LogP contribution in [0, 0.1) is 17.8 Å². The fourth-order valence-corrected chi connectivity index (χ4v) is 3.22. The molecule has 0 aromatic rings. The van der Waals surface area contributed by atoms with E-state index in [0.29, 0.717) is 12.0 Å². The van der Waals surface area contributed by atoms with Crippen LogP contribution in [0.4, 0.5) is 0 Å². The third-order valence-electron chi connectivity index (χ3n) is 4.52. The minimum absolute atomic E-state index is 0.408. The van der Waals surface area contributed by atoms with Gasteiger partial charge in [-0.2, -0.15) is 0 Å². The Morgan fingerprint density at radius 1 is 1.13 bits per heavy atom. The molecule has 2 aliphatic rings. The molecule has 1 aliphatic carbocycles. The topological polar surface area (TPSA) is 35.2 Å². The Labute approximate surface area is 93.6 Å². The molecule has 1 aliphatic heterocycles. The van der Waals surface area contributed by atoms with E-state index in [1.165, 1.54) is 38.5 Å². The van der Waals surface area contributed by atoms with Crippen LogP contribution in [-0.4, -0.2) is 19.3 Å². The molecule has 2 unspecified atom stereocenters. The molecule has 0 spiro atoms. The second-order valence-corrected chi connectivity index (χ2v) is 5.39. The van der Waals surface area contributed by atoms with E-state index in [2.05, 4.69) is 6.92 Å². The Balaban J connectivity index is 1.78. The Kier molecular flexibility index (Phi) is 4.04. The van der Waals surface area contributed by atoms with Gasteiger partial charge in [-0.1, -0.05) is 26.2 Å². The first-order valence-electron chi connectivity index (χ1n) is 6.64. The summed E-state index contributed by atoms with van der Waals surface area (Å²) in [4.78, 5) is 0. The van der Waals surface area contributed by atoms with Gasteiger partial charge in [-0.3, -0.25) is 0 Å². The van der Waals surface area contributed by atoms with Crippen LogP contribution in [0.1, 0.15) is 45.4 Å². The molecule has 2 nitrogen and oxygen atoms in total. The summed E-state index contributed by atoms with van der Waals surface area (Å²) in [5, 5.41) is 0. The standard InChI is InChI=1S/C13H25NO/c1-2-10-3-5-11(6-4-10)13(14)12-7-8-15-9-12/h10-13H,2-9,14H2,1H3. The summed E-state index contributed by atoms with van der Waals surface area (Å²) < 4.78 is 5.43. The fourth-order valence-electron chi connectivity index (χ4n) is 3.22. The number of ether oxygens (including phenoxy) is 1. The van der Waals surface area contributed by atoms with E-state index in [1.54, 1.807) is 0 Å². The lowest BCUT2D eigenvalue weighted by atomic mass is 9.74. The van der Waals surface area contributed by atoms with Gasteiger partial charge in [0.15, 0.2) is 0 Å². The van der Waals surface area contributed by atoms with Crippen LogP contribution < -0.4 is 5.73 Å². The van der Waals surface area contributed by atoms with E-state index in [-0.39, 0.29) is 0 Å². The van der Waals surface area contributed by atoms with E-state index in [0.717, 1.165) is 25.0 Å². The van der Waals surface area contributed by atoms with Gasteiger partial charge in [-0.25, -0.2) is 0 Å². The van der Waals surface area contributed by atoms with Crippen molar-refractivity contribution in [3.05, 3.63) is 0 Å². The summed E-state index contributed by atoms with van der Waals surface area (Å²) in [7, 11) is 0. The average molecular weight is 211 g/mol. The second-order valence-electron chi connectivity index (χ2n) is 5.39. The zero-order chi connectivity index (χ0) is 10.7. The summed E-state index contributed by atoms with van der Waals surface area (Å²) >= 11 is 0. The average Bonchev–Trinajstić information content (AvgIpc) is 2.82. The van der Waals surface area contributed by atoms with Gasteiger partial charge in [0.1, 0.15) is 0 Å². The Morgan fingerprint density at radius 2 is 1.87 bits per heavy atom. The molecule has 2 N–H and O–H groups in total. The van der Waals surface area contributed by atoms with Crippen molar-refractivity contribution in [3.8, 4) is 0 Å². The molecule has 88 valence electrons. The predicted molar refractivity (Wildman–Crippen MR) is 62.6 cm³/mol. The van der Waals surface area contributed by atoms with Crippen molar-refractivity contribution in [2.75, 3.05) is 13.2 Å². The molecule has 2 atom stereocenters. The molecular formula is C13H25NO. The molecular weight excluding hydrogens is 186 g/mol. The first kappa shape index (κ1) is 11.4.